The molecule has 1 aromatic rings. The zero-order valence-corrected chi connectivity index (χ0v) is 16.2. The molecule has 1 aliphatic rings. The van der Waals surface area contributed by atoms with Crippen LogP contribution in [0.4, 0.5) is 5.69 Å². The van der Waals surface area contributed by atoms with Gasteiger partial charge in [0, 0.05) is 36.0 Å². The lowest BCUT2D eigenvalue weighted by Crippen LogP contribution is -2.47. The van der Waals surface area contributed by atoms with Crippen molar-refractivity contribution in [3.63, 3.8) is 0 Å². The molecule has 0 fully saturated rings. The molecule has 1 heterocycles. The van der Waals surface area contributed by atoms with Gasteiger partial charge in [0.25, 0.3) is 0 Å². The Kier molecular flexibility index (Phi) is 6.74. The number of hydrogen-bond donors (Lipinski definition) is 2. The molecule has 0 aliphatic carbocycles. The summed E-state index contributed by atoms with van der Waals surface area (Å²) in [5.74, 6) is 0.934. The number of thioether (sulfide) groups is 1. The van der Waals surface area contributed by atoms with E-state index < -0.39 is 0 Å². The van der Waals surface area contributed by atoms with E-state index in [1.165, 1.54) is 12.7 Å². The molecule has 2 atom stereocenters. The number of anilines is 1. The van der Waals surface area contributed by atoms with E-state index >= 15 is 0 Å². The maximum Gasteiger partial charge on any atom is 0.246 e. The van der Waals surface area contributed by atoms with E-state index in [1.54, 1.807) is 0 Å². The van der Waals surface area contributed by atoms with E-state index in [4.69, 9.17) is 4.74 Å². The van der Waals surface area contributed by atoms with Crippen molar-refractivity contribution in [2.75, 3.05) is 31.3 Å². The number of carbonyl (C=O) groups is 1. The van der Waals surface area contributed by atoms with E-state index in [1.807, 2.05) is 30.0 Å². The molecule has 2 rings (SSSR count). The molecule has 0 radical (unpaired) electrons. The number of nitrogens with zero attached hydrogens (tertiary/aromatic N) is 1. The number of nitrogens with one attached hydrogen (secondary N) is 2. The number of methoxy groups -OCH3 is 1. The number of carbonyl (C=O) groups excluding carboxylic acids is 1. The van der Waals surface area contributed by atoms with Crippen molar-refractivity contribution >= 4 is 23.4 Å². The van der Waals surface area contributed by atoms with Crippen molar-refractivity contribution in [1.29, 1.82) is 5.26 Å². The normalized spacial score (nSPS) is 19.5. The van der Waals surface area contributed by atoms with Crippen LogP contribution in [0.3, 0.4) is 0 Å². The Hall–Kier alpha value is -1.71. The number of amides is 1. The highest BCUT2D eigenvalue weighted by Gasteiger charge is 2.36. The van der Waals surface area contributed by atoms with Crippen molar-refractivity contribution in [3.05, 3.63) is 29.3 Å². The predicted octanol–water partition coefficient (Wildman–Crippen LogP) is 3.33. The highest BCUT2D eigenvalue weighted by Crippen LogP contribution is 2.45. The van der Waals surface area contributed by atoms with Crippen molar-refractivity contribution in [3.8, 4) is 6.07 Å². The van der Waals surface area contributed by atoms with Gasteiger partial charge in [0.05, 0.1) is 11.6 Å². The Balaban J connectivity index is 2.17. The molecule has 6 heteroatoms. The first-order chi connectivity index (χ1) is 11.9. The zero-order chi connectivity index (χ0) is 18.4. The fourth-order valence-corrected chi connectivity index (χ4v) is 4.23. The zero-order valence-electron chi connectivity index (χ0n) is 15.4. The van der Waals surface area contributed by atoms with Crippen molar-refractivity contribution in [2.45, 2.75) is 38.5 Å². The highest BCUT2D eigenvalue weighted by atomic mass is 32.2. The maximum atomic E-state index is 11.7. The van der Waals surface area contributed by atoms with Gasteiger partial charge in [-0.25, -0.2) is 0 Å². The predicted molar refractivity (Wildman–Crippen MR) is 103 cm³/mol. The topological polar surface area (TPSA) is 74.2 Å². The average Bonchev–Trinajstić information content (AvgIpc) is 2.60. The molecule has 136 valence electrons. The fourth-order valence-electron chi connectivity index (χ4n) is 3.12. The molecule has 1 amide bonds. The molecular weight excluding hydrogens is 334 g/mol. The van der Waals surface area contributed by atoms with Gasteiger partial charge in [-0.05, 0) is 35.9 Å². The third kappa shape index (κ3) is 4.90. The molecule has 0 spiro atoms. The molecular formula is C19H27N3O2S. The molecule has 1 aromatic carbocycles. The molecule has 2 unspecified atom stereocenters. The molecule has 0 saturated heterocycles. The Morgan fingerprint density at radius 2 is 2.28 bits per heavy atom. The van der Waals surface area contributed by atoms with Gasteiger partial charge in [-0.15, -0.1) is 0 Å². The number of benzene rings is 1. The third-order valence-corrected chi connectivity index (χ3v) is 5.82. The number of nitriles is 1. The minimum absolute atomic E-state index is 0.0856. The van der Waals surface area contributed by atoms with Gasteiger partial charge in [-0.3, -0.25) is 4.79 Å². The van der Waals surface area contributed by atoms with Crippen LogP contribution in [-0.4, -0.2) is 38.0 Å². The largest absolute Gasteiger partial charge is 0.381 e. The second kappa shape index (κ2) is 8.59. The quantitative estimate of drug-likeness (QED) is 0.779. The number of rotatable bonds is 7. The molecule has 0 aromatic heterocycles. The van der Waals surface area contributed by atoms with Crippen LogP contribution >= 0.6 is 11.8 Å². The summed E-state index contributed by atoms with van der Waals surface area (Å²) in [6.45, 7) is 7.16. The molecule has 0 saturated carbocycles. The highest BCUT2D eigenvalue weighted by molar-refractivity contribution is 7.99. The summed E-state index contributed by atoms with van der Waals surface area (Å²) in [5, 5.41) is 16.1. The van der Waals surface area contributed by atoms with E-state index in [2.05, 4.69) is 37.5 Å². The van der Waals surface area contributed by atoms with Gasteiger partial charge < -0.3 is 15.4 Å². The van der Waals surface area contributed by atoms with Gasteiger partial charge >= 0.3 is 0 Å². The summed E-state index contributed by atoms with van der Waals surface area (Å²) < 4.78 is 4.87. The monoisotopic (exact) mass is 361 g/mol. The van der Waals surface area contributed by atoms with Crippen molar-refractivity contribution in [2.24, 2.45) is 5.41 Å². The van der Waals surface area contributed by atoms with Crippen LogP contribution in [0.2, 0.25) is 0 Å². The van der Waals surface area contributed by atoms with Crippen molar-refractivity contribution in [1.82, 2.24) is 5.32 Å². The van der Waals surface area contributed by atoms with Crippen LogP contribution in [0.15, 0.2) is 18.2 Å². The first-order valence-corrected chi connectivity index (χ1v) is 9.64. The minimum Gasteiger partial charge on any atom is -0.381 e. The summed E-state index contributed by atoms with van der Waals surface area (Å²) in [7, 11) is 1.52. The van der Waals surface area contributed by atoms with E-state index in [0.717, 1.165) is 17.9 Å². The SMILES string of the molecule is CCSC1CC(C(C)(C)CNC(=O)COC)Nc2ccc(C#N)cc21. The van der Waals surface area contributed by atoms with Crippen LogP contribution in [0.25, 0.3) is 0 Å². The first-order valence-electron chi connectivity index (χ1n) is 8.59. The molecule has 1 aliphatic heterocycles. The lowest BCUT2D eigenvalue weighted by Gasteiger charge is -2.42. The Labute approximate surface area is 154 Å². The van der Waals surface area contributed by atoms with Crippen LogP contribution < -0.4 is 10.6 Å². The summed E-state index contributed by atoms with van der Waals surface area (Å²) in [5.41, 5.74) is 2.90. The smallest absolute Gasteiger partial charge is 0.246 e. The van der Waals surface area contributed by atoms with E-state index in [-0.39, 0.29) is 24.0 Å². The summed E-state index contributed by atoms with van der Waals surface area (Å²) >= 11 is 1.91. The molecule has 5 nitrogen and oxygen atoms in total. The Morgan fingerprint density at radius 3 is 2.92 bits per heavy atom. The summed E-state index contributed by atoms with van der Waals surface area (Å²) in [6.07, 6.45) is 0.966. The summed E-state index contributed by atoms with van der Waals surface area (Å²) in [4.78, 5) is 11.7. The Bertz CT molecular complexity index is 655. The lowest BCUT2D eigenvalue weighted by atomic mass is 9.78. The lowest BCUT2D eigenvalue weighted by molar-refractivity contribution is -0.125. The third-order valence-electron chi connectivity index (χ3n) is 4.63. The van der Waals surface area contributed by atoms with Gasteiger partial charge in [-0.1, -0.05) is 20.8 Å². The average molecular weight is 362 g/mol. The van der Waals surface area contributed by atoms with Crippen LogP contribution in [0, 0.1) is 16.7 Å². The van der Waals surface area contributed by atoms with Gasteiger partial charge in [0.2, 0.25) is 5.91 Å². The second-order valence-corrected chi connectivity index (χ2v) is 8.47. The van der Waals surface area contributed by atoms with Crippen LogP contribution in [0.1, 0.15) is 43.6 Å². The molecule has 0 bridgehead atoms. The van der Waals surface area contributed by atoms with Crippen LogP contribution in [0.5, 0.6) is 0 Å². The van der Waals surface area contributed by atoms with E-state index in [0.29, 0.717) is 17.4 Å². The van der Waals surface area contributed by atoms with Crippen LogP contribution in [-0.2, 0) is 9.53 Å². The number of hydrogen-bond acceptors (Lipinski definition) is 5. The summed E-state index contributed by atoms with van der Waals surface area (Å²) in [6, 6.07) is 8.32. The number of fused-ring (bicyclic) bond motifs is 1. The maximum absolute atomic E-state index is 11.7. The minimum atomic E-state index is -0.110. The molecule has 25 heavy (non-hydrogen) atoms. The van der Waals surface area contributed by atoms with Gasteiger partial charge in [-0.2, -0.15) is 17.0 Å². The standard InChI is InChI=1S/C19H27N3O2S/c1-5-25-16-9-17(19(2,3)12-21-18(23)11-24-4)22-15-7-6-13(10-20)8-14(15)16/h6-8,16-17,22H,5,9,11-12H2,1-4H3,(H,21,23). The fraction of sp³-hybridized carbons (Fsp3) is 0.579. The van der Waals surface area contributed by atoms with Gasteiger partial charge in [0.1, 0.15) is 6.61 Å². The number of ether oxygens (including phenoxy) is 1. The molecule has 2 N–H and O–H groups in total. The van der Waals surface area contributed by atoms with E-state index in [9.17, 15) is 10.1 Å². The first kappa shape index (κ1) is 19.6. The van der Waals surface area contributed by atoms with Gasteiger partial charge in [0.15, 0.2) is 0 Å². The Morgan fingerprint density at radius 1 is 1.52 bits per heavy atom. The van der Waals surface area contributed by atoms with Crippen molar-refractivity contribution < 1.29 is 9.53 Å². The second-order valence-electron chi connectivity index (χ2n) is 6.99.